The third-order valence-corrected chi connectivity index (χ3v) is 3.52. The molecule has 1 atom stereocenters. The minimum atomic E-state index is -4.41. The largest absolute Gasteiger partial charge is 0.485 e. The molecule has 0 fully saturated rings. The lowest BCUT2D eigenvalue weighted by Gasteiger charge is -2.25. The fourth-order valence-electron chi connectivity index (χ4n) is 2.31. The smallest absolute Gasteiger partial charge is 0.416 e. The normalized spacial score (nSPS) is 16.5. The molecule has 0 aromatic heterocycles. The van der Waals surface area contributed by atoms with Crippen LogP contribution in [0.5, 0.6) is 11.5 Å². The van der Waals surface area contributed by atoms with E-state index >= 15 is 0 Å². The molecular weight excluding hydrogens is 323 g/mol. The SMILES string of the molecule is O=C(NCc1cccc(C(F)(F)F)c1)C1COc2ccccc2O1. The number of para-hydroxylation sites is 2. The second-order valence-electron chi connectivity index (χ2n) is 5.28. The van der Waals surface area contributed by atoms with Crippen molar-refractivity contribution < 1.29 is 27.4 Å². The van der Waals surface area contributed by atoms with Crippen molar-refractivity contribution in [1.82, 2.24) is 5.32 Å². The van der Waals surface area contributed by atoms with Crippen molar-refractivity contribution in [3.8, 4) is 11.5 Å². The van der Waals surface area contributed by atoms with Crippen LogP contribution in [0.4, 0.5) is 13.2 Å². The Bertz CT molecular complexity index is 746. The van der Waals surface area contributed by atoms with E-state index in [1.54, 1.807) is 24.3 Å². The van der Waals surface area contributed by atoms with Gasteiger partial charge in [0, 0.05) is 6.54 Å². The highest BCUT2D eigenvalue weighted by molar-refractivity contribution is 5.81. The summed E-state index contributed by atoms with van der Waals surface area (Å²) in [5.41, 5.74) is -0.393. The van der Waals surface area contributed by atoms with Crippen molar-refractivity contribution in [2.24, 2.45) is 0 Å². The zero-order valence-corrected chi connectivity index (χ0v) is 12.5. The molecule has 0 radical (unpaired) electrons. The summed E-state index contributed by atoms with van der Waals surface area (Å²) in [7, 11) is 0. The Hall–Kier alpha value is -2.70. The average Bonchev–Trinajstić information content (AvgIpc) is 2.59. The zero-order chi connectivity index (χ0) is 17.2. The van der Waals surface area contributed by atoms with E-state index < -0.39 is 23.8 Å². The maximum Gasteiger partial charge on any atom is 0.416 e. The van der Waals surface area contributed by atoms with E-state index in [1.807, 2.05) is 0 Å². The third kappa shape index (κ3) is 3.61. The van der Waals surface area contributed by atoms with Crippen LogP contribution in [0.15, 0.2) is 48.5 Å². The Morgan fingerprint density at radius 2 is 1.88 bits per heavy atom. The van der Waals surface area contributed by atoms with Gasteiger partial charge in [0.15, 0.2) is 11.5 Å². The summed E-state index contributed by atoms with van der Waals surface area (Å²) in [6.45, 7) is 0.0235. The molecule has 1 amide bonds. The molecule has 3 rings (SSSR count). The number of amides is 1. The number of hydrogen-bond donors (Lipinski definition) is 1. The number of alkyl halides is 3. The molecule has 0 spiro atoms. The highest BCUT2D eigenvalue weighted by Crippen LogP contribution is 2.31. The summed E-state index contributed by atoms with van der Waals surface area (Å²) in [6.07, 6.45) is -5.25. The first-order chi connectivity index (χ1) is 11.4. The lowest BCUT2D eigenvalue weighted by atomic mass is 10.1. The predicted molar refractivity (Wildman–Crippen MR) is 79.6 cm³/mol. The molecule has 1 unspecified atom stereocenters. The fraction of sp³-hybridized carbons (Fsp3) is 0.235. The second-order valence-corrected chi connectivity index (χ2v) is 5.28. The van der Waals surface area contributed by atoms with Crippen molar-refractivity contribution in [3.63, 3.8) is 0 Å². The monoisotopic (exact) mass is 337 g/mol. The lowest BCUT2D eigenvalue weighted by molar-refractivity contribution is -0.137. The van der Waals surface area contributed by atoms with Gasteiger partial charge in [0.05, 0.1) is 5.56 Å². The van der Waals surface area contributed by atoms with Crippen molar-refractivity contribution in [2.75, 3.05) is 6.61 Å². The number of carbonyl (C=O) groups is 1. The molecule has 2 aromatic rings. The highest BCUT2D eigenvalue weighted by Gasteiger charge is 2.30. The van der Waals surface area contributed by atoms with Crippen LogP contribution >= 0.6 is 0 Å². The molecule has 1 N–H and O–H groups in total. The number of hydrogen-bond acceptors (Lipinski definition) is 3. The fourth-order valence-corrected chi connectivity index (χ4v) is 2.31. The molecule has 24 heavy (non-hydrogen) atoms. The third-order valence-electron chi connectivity index (χ3n) is 3.52. The minimum Gasteiger partial charge on any atom is -0.485 e. The standard InChI is InChI=1S/C17H14F3NO3/c18-17(19,20)12-5-3-4-11(8-12)9-21-16(22)15-10-23-13-6-1-2-7-14(13)24-15/h1-8,15H,9-10H2,(H,21,22). The number of benzene rings is 2. The summed E-state index contributed by atoms with van der Waals surface area (Å²) in [4.78, 5) is 12.1. The Balaban J connectivity index is 1.61. The van der Waals surface area contributed by atoms with Gasteiger partial charge < -0.3 is 14.8 Å². The average molecular weight is 337 g/mol. The first kappa shape index (κ1) is 16.2. The Kier molecular flexibility index (Phi) is 4.33. The number of fused-ring (bicyclic) bond motifs is 1. The molecule has 0 saturated carbocycles. The molecule has 0 aliphatic carbocycles. The van der Waals surface area contributed by atoms with Gasteiger partial charge in [-0.25, -0.2) is 0 Å². The van der Waals surface area contributed by atoms with E-state index in [1.165, 1.54) is 12.1 Å². The highest BCUT2D eigenvalue weighted by atomic mass is 19.4. The van der Waals surface area contributed by atoms with Gasteiger partial charge in [0.25, 0.3) is 5.91 Å². The molecule has 1 aliphatic heterocycles. The van der Waals surface area contributed by atoms with Gasteiger partial charge in [0.1, 0.15) is 6.61 Å². The molecule has 0 saturated heterocycles. The van der Waals surface area contributed by atoms with Crippen LogP contribution in [0.25, 0.3) is 0 Å². The molecule has 4 nitrogen and oxygen atoms in total. The molecule has 2 aromatic carbocycles. The first-order valence-electron chi connectivity index (χ1n) is 7.26. The Morgan fingerprint density at radius 3 is 2.62 bits per heavy atom. The zero-order valence-electron chi connectivity index (χ0n) is 12.5. The Morgan fingerprint density at radius 1 is 1.12 bits per heavy atom. The number of ether oxygens (including phenoxy) is 2. The van der Waals surface area contributed by atoms with Crippen molar-refractivity contribution in [3.05, 3.63) is 59.7 Å². The molecule has 126 valence electrons. The van der Waals surface area contributed by atoms with E-state index in [0.717, 1.165) is 12.1 Å². The van der Waals surface area contributed by atoms with Crippen molar-refractivity contribution in [1.29, 1.82) is 0 Å². The van der Waals surface area contributed by atoms with Crippen LogP contribution in [0.2, 0.25) is 0 Å². The van der Waals surface area contributed by atoms with Crippen LogP contribution < -0.4 is 14.8 Å². The van der Waals surface area contributed by atoms with E-state index in [2.05, 4.69) is 5.32 Å². The van der Waals surface area contributed by atoms with Gasteiger partial charge in [-0.15, -0.1) is 0 Å². The van der Waals surface area contributed by atoms with E-state index in [4.69, 9.17) is 9.47 Å². The first-order valence-corrected chi connectivity index (χ1v) is 7.26. The number of carbonyl (C=O) groups excluding carboxylic acids is 1. The van der Waals surface area contributed by atoms with Gasteiger partial charge in [-0.3, -0.25) is 4.79 Å². The summed E-state index contributed by atoms with van der Waals surface area (Å²) in [6, 6.07) is 11.8. The maximum absolute atomic E-state index is 12.7. The quantitative estimate of drug-likeness (QED) is 0.936. The van der Waals surface area contributed by atoms with Gasteiger partial charge >= 0.3 is 6.18 Å². The van der Waals surface area contributed by atoms with E-state index in [-0.39, 0.29) is 13.2 Å². The van der Waals surface area contributed by atoms with Crippen LogP contribution in [-0.4, -0.2) is 18.6 Å². The van der Waals surface area contributed by atoms with Crippen molar-refractivity contribution >= 4 is 5.91 Å². The van der Waals surface area contributed by atoms with Crippen LogP contribution in [0.3, 0.4) is 0 Å². The molecular formula is C17H14F3NO3. The minimum absolute atomic E-state index is 0.0236. The molecule has 7 heteroatoms. The maximum atomic E-state index is 12.7. The van der Waals surface area contributed by atoms with Crippen molar-refractivity contribution in [2.45, 2.75) is 18.8 Å². The summed E-state index contributed by atoms with van der Waals surface area (Å²) >= 11 is 0. The lowest BCUT2D eigenvalue weighted by Crippen LogP contribution is -2.43. The second kappa shape index (κ2) is 6.43. The van der Waals surface area contributed by atoms with Crippen LogP contribution in [-0.2, 0) is 17.5 Å². The molecule has 1 aliphatic rings. The molecule has 0 bridgehead atoms. The van der Waals surface area contributed by atoms with Crippen LogP contribution in [0, 0.1) is 0 Å². The number of halogens is 3. The number of nitrogens with one attached hydrogen (secondary N) is 1. The summed E-state index contributed by atoms with van der Waals surface area (Å²) in [5, 5.41) is 2.57. The summed E-state index contributed by atoms with van der Waals surface area (Å²) < 4.78 is 49.0. The van der Waals surface area contributed by atoms with E-state index in [0.29, 0.717) is 17.1 Å². The van der Waals surface area contributed by atoms with Gasteiger partial charge in [0.2, 0.25) is 6.10 Å². The van der Waals surface area contributed by atoms with Crippen LogP contribution in [0.1, 0.15) is 11.1 Å². The predicted octanol–water partition coefficient (Wildman–Crippen LogP) is 3.16. The van der Waals surface area contributed by atoms with Gasteiger partial charge in [-0.05, 0) is 29.8 Å². The van der Waals surface area contributed by atoms with Gasteiger partial charge in [-0.1, -0.05) is 24.3 Å². The summed E-state index contributed by atoms with van der Waals surface area (Å²) in [5.74, 6) is 0.573. The van der Waals surface area contributed by atoms with Gasteiger partial charge in [-0.2, -0.15) is 13.2 Å². The topological polar surface area (TPSA) is 47.6 Å². The van der Waals surface area contributed by atoms with E-state index in [9.17, 15) is 18.0 Å². The Labute approximate surface area is 136 Å². The number of rotatable bonds is 3. The molecule has 1 heterocycles.